The highest BCUT2D eigenvalue weighted by Crippen LogP contribution is 2.15. The van der Waals surface area contributed by atoms with Crippen molar-refractivity contribution in [2.75, 3.05) is 0 Å². The number of aliphatic carboxylic acids is 1. The van der Waals surface area contributed by atoms with Crippen molar-refractivity contribution < 1.29 is 9.90 Å². The monoisotopic (exact) mass is 248 g/mol. The van der Waals surface area contributed by atoms with Crippen molar-refractivity contribution in [1.29, 1.82) is 0 Å². The Kier molecular flexibility index (Phi) is 3.18. The summed E-state index contributed by atoms with van der Waals surface area (Å²) >= 11 is 0. The summed E-state index contributed by atoms with van der Waals surface area (Å²) in [6.07, 6.45) is 3.73. The van der Waals surface area contributed by atoms with Crippen LogP contribution in [0.2, 0.25) is 0 Å². The third kappa shape index (κ3) is 2.42. The lowest BCUT2D eigenvalue weighted by molar-refractivity contribution is -0.136. The van der Waals surface area contributed by atoms with Crippen LogP contribution in [-0.2, 0) is 24.8 Å². The number of hydrogen-bond donors (Lipinski definition) is 1. The van der Waals surface area contributed by atoms with Crippen LogP contribution in [0.15, 0.2) is 12.4 Å². The van der Waals surface area contributed by atoms with Crippen LogP contribution in [0.1, 0.15) is 22.5 Å². The maximum absolute atomic E-state index is 10.8. The van der Waals surface area contributed by atoms with E-state index in [2.05, 4.69) is 10.2 Å². The summed E-state index contributed by atoms with van der Waals surface area (Å²) in [5, 5.41) is 17.4. The number of aromatic nitrogens is 4. The minimum absolute atomic E-state index is 0.0186. The number of carboxylic acid groups (broad SMARTS) is 1. The molecule has 0 unspecified atom stereocenters. The van der Waals surface area contributed by atoms with Crippen molar-refractivity contribution in [3.05, 3.63) is 34.9 Å². The van der Waals surface area contributed by atoms with E-state index >= 15 is 0 Å². The molecule has 0 aliphatic rings. The summed E-state index contributed by atoms with van der Waals surface area (Å²) in [5.41, 5.74) is 3.52. The van der Waals surface area contributed by atoms with Gasteiger partial charge in [-0.05, 0) is 13.8 Å². The first kappa shape index (κ1) is 12.3. The summed E-state index contributed by atoms with van der Waals surface area (Å²) in [4.78, 5) is 10.8. The molecule has 0 aliphatic heterocycles. The molecule has 6 heteroatoms. The molecule has 0 fully saturated rings. The van der Waals surface area contributed by atoms with E-state index in [1.165, 1.54) is 0 Å². The van der Waals surface area contributed by atoms with Gasteiger partial charge in [0.05, 0.1) is 24.9 Å². The Balaban J connectivity index is 2.26. The molecule has 0 radical (unpaired) electrons. The topological polar surface area (TPSA) is 72.9 Å². The molecule has 0 aromatic carbocycles. The van der Waals surface area contributed by atoms with Gasteiger partial charge in [0.15, 0.2) is 0 Å². The highest BCUT2D eigenvalue weighted by molar-refractivity contribution is 5.70. The number of aryl methyl sites for hydroxylation is 2. The van der Waals surface area contributed by atoms with Crippen LogP contribution >= 0.6 is 0 Å². The third-order valence-electron chi connectivity index (χ3n) is 2.95. The fourth-order valence-corrected chi connectivity index (χ4v) is 2.02. The molecule has 2 heterocycles. The largest absolute Gasteiger partial charge is 0.481 e. The van der Waals surface area contributed by atoms with Crippen LogP contribution in [0.3, 0.4) is 0 Å². The molecule has 1 N–H and O–H groups in total. The molecule has 0 bridgehead atoms. The Hall–Kier alpha value is -2.11. The molecule has 0 saturated carbocycles. The Morgan fingerprint density at radius 3 is 2.72 bits per heavy atom. The lowest BCUT2D eigenvalue weighted by atomic mass is 10.1. The number of carboxylic acids is 1. The molecule has 18 heavy (non-hydrogen) atoms. The minimum Gasteiger partial charge on any atom is -0.481 e. The second kappa shape index (κ2) is 4.64. The van der Waals surface area contributed by atoms with Gasteiger partial charge in [-0.1, -0.05) is 0 Å². The van der Waals surface area contributed by atoms with Gasteiger partial charge in [-0.2, -0.15) is 10.2 Å². The smallest absolute Gasteiger partial charge is 0.307 e. The van der Waals surface area contributed by atoms with Gasteiger partial charge in [0, 0.05) is 30.1 Å². The predicted molar refractivity (Wildman–Crippen MR) is 65.4 cm³/mol. The molecule has 96 valence electrons. The van der Waals surface area contributed by atoms with Gasteiger partial charge in [0.2, 0.25) is 0 Å². The quantitative estimate of drug-likeness (QED) is 0.872. The van der Waals surface area contributed by atoms with E-state index in [9.17, 15) is 4.79 Å². The highest BCUT2D eigenvalue weighted by Gasteiger charge is 2.14. The van der Waals surface area contributed by atoms with E-state index in [0.29, 0.717) is 6.54 Å². The van der Waals surface area contributed by atoms with Crippen LogP contribution in [0.25, 0.3) is 0 Å². The zero-order valence-electron chi connectivity index (χ0n) is 10.7. The number of rotatable bonds is 4. The molecule has 0 amide bonds. The molecule has 2 aromatic rings. The van der Waals surface area contributed by atoms with Gasteiger partial charge < -0.3 is 5.11 Å². The van der Waals surface area contributed by atoms with Crippen LogP contribution in [0, 0.1) is 13.8 Å². The van der Waals surface area contributed by atoms with E-state index in [-0.39, 0.29) is 6.42 Å². The van der Waals surface area contributed by atoms with Gasteiger partial charge in [-0.3, -0.25) is 14.2 Å². The maximum atomic E-state index is 10.8. The van der Waals surface area contributed by atoms with Crippen molar-refractivity contribution in [3.8, 4) is 0 Å². The Morgan fingerprint density at radius 1 is 1.44 bits per heavy atom. The molecule has 0 atom stereocenters. The van der Waals surface area contributed by atoms with Crippen molar-refractivity contribution in [2.24, 2.45) is 7.05 Å². The normalized spacial score (nSPS) is 10.8. The van der Waals surface area contributed by atoms with Gasteiger partial charge in [0.25, 0.3) is 0 Å². The molecule has 2 aromatic heterocycles. The maximum Gasteiger partial charge on any atom is 0.307 e. The summed E-state index contributed by atoms with van der Waals surface area (Å²) in [6, 6.07) is 0. The SMILES string of the molecule is Cc1nn(Cc2cnn(C)c2)c(C)c1CC(=O)O. The standard InChI is InChI=1S/C12H16N4O2/c1-8-11(4-12(17)18)9(2)16(14-8)7-10-5-13-15(3)6-10/h5-6H,4,7H2,1-3H3,(H,17,18). The van der Waals surface area contributed by atoms with Crippen LogP contribution in [0.4, 0.5) is 0 Å². The van der Waals surface area contributed by atoms with Gasteiger partial charge in [-0.25, -0.2) is 0 Å². The molecule has 2 rings (SSSR count). The van der Waals surface area contributed by atoms with Crippen molar-refractivity contribution in [3.63, 3.8) is 0 Å². The van der Waals surface area contributed by atoms with Crippen molar-refractivity contribution >= 4 is 5.97 Å². The summed E-state index contributed by atoms with van der Waals surface area (Å²) in [5.74, 6) is -0.831. The van der Waals surface area contributed by atoms with Gasteiger partial charge in [-0.15, -0.1) is 0 Å². The van der Waals surface area contributed by atoms with Crippen molar-refractivity contribution in [1.82, 2.24) is 19.6 Å². The van der Waals surface area contributed by atoms with Crippen molar-refractivity contribution in [2.45, 2.75) is 26.8 Å². The molecule has 0 aliphatic carbocycles. The van der Waals surface area contributed by atoms with E-state index < -0.39 is 5.97 Å². The van der Waals surface area contributed by atoms with E-state index in [1.54, 1.807) is 10.9 Å². The lowest BCUT2D eigenvalue weighted by Crippen LogP contribution is -2.05. The predicted octanol–water partition coefficient (Wildman–Crippen LogP) is 0.909. The van der Waals surface area contributed by atoms with E-state index in [1.807, 2.05) is 31.8 Å². The fraction of sp³-hybridized carbons (Fsp3) is 0.417. The van der Waals surface area contributed by atoms with Gasteiger partial charge in [0.1, 0.15) is 0 Å². The van der Waals surface area contributed by atoms with Gasteiger partial charge >= 0.3 is 5.97 Å². The zero-order chi connectivity index (χ0) is 13.3. The number of hydrogen-bond acceptors (Lipinski definition) is 3. The molecule has 0 saturated heterocycles. The molecule has 6 nitrogen and oxygen atoms in total. The van der Waals surface area contributed by atoms with E-state index in [4.69, 9.17) is 5.11 Å². The van der Waals surface area contributed by atoms with E-state index in [0.717, 1.165) is 22.5 Å². The Bertz CT molecular complexity index is 583. The average molecular weight is 248 g/mol. The van der Waals surface area contributed by atoms with Crippen LogP contribution in [0.5, 0.6) is 0 Å². The third-order valence-corrected chi connectivity index (χ3v) is 2.95. The Morgan fingerprint density at radius 2 is 2.17 bits per heavy atom. The zero-order valence-corrected chi connectivity index (χ0v) is 10.7. The lowest BCUT2D eigenvalue weighted by Gasteiger charge is -2.02. The molecular formula is C12H16N4O2. The van der Waals surface area contributed by atoms with Crippen LogP contribution < -0.4 is 0 Å². The Labute approximate surface area is 105 Å². The first-order valence-electron chi connectivity index (χ1n) is 5.69. The number of carbonyl (C=O) groups is 1. The molecular weight excluding hydrogens is 232 g/mol. The summed E-state index contributed by atoms with van der Waals surface area (Å²) in [7, 11) is 1.86. The minimum atomic E-state index is -0.831. The fourth-order valence-electron chi connectivity index (χ4n) is 2.02. The first-order chi connectivity index (χ1) is 8.47. The second-order valence-electron chi connectivity index (χ2n) is 4.40. The summed E-state index contributed by atoms with van der Waals surface area (Å²) < 4.78 is 3.56. The second-order valence-corrected chi connectivity index (χ2v) is 4.40. The number of nitrogens with zero attached hydrogens (tertiary/aromatic N) is 4. The average Bonchev–Trinajstić information content (AvgIpc) is 2.78. The highest BCUT2D eigenvalue weighted by atomic mass is 16.4. The first-order valence-corrected chi connectivity index (χ1v) is 5.69. The van der Waals surface area contributed by atoms with Crippen LogP contribution in [-0.4, -0.2) is 30.6 Å². The molecule has 0 spiro atoms. The summed E-state index contributed by atoms with van der Waals surface area (Å²) in [6.45, 7) is 4.35.